The summed E-state index contributed by atoms with van der Waals surface area (Å²) in [7, 11) is 0. The molecule has 0 atom stereocenters. The maximum atomic E-state index is 12.6. The molecule has 1 amide bonds. The first kappa shape index (κ1) is 14.5. The lowest BCUT2D eigenvalue weighted by Crippen LogP contribution is -2.12. The Bertz CT molecular complexity index is 938. The van der Waals surface area contributed by atoms with Crippen molar-refractivity contribution in [1.29, 1.82) is 0 Å². The minimum Gasteiger partial charge on any atom is -0.322 e. The smallest absolute Gasteiger partial charge is 0.267 e. The zero-order chi connectivity index (χ0) is 16.4. The minimum atomic E-state index is -0.111. The van der Waals surface area contributed by atoms with Crippen LogP contribution in [0.2, 0.25) is 0 Å². The van der Waals surface area contributed by atoms with Gasteiger partial charge in [-0.15, -0.1) is 11.3 Å². The fourth-order valence-electron chi connectivity index (χ4n) is 2.48. The van der Waals surface area contributed by atoms with Crippen LogP contribution in [0.25, 0.3) is 11.4 Å². The van der Waals surface area contributed by atoms with E-state index in [1.165, 1.54) is 11.3 Å². The number of amides is 1. The first-order chi connectivity index (χ1) is 11.8. The fourth-order valence-corrected chi connectivity index (χ4v) is 3.26. The summed E-state index contributed by atoms with van der Waals surface area (Å²) in [6.07, 6.45) is 7.47. The summed E-state index contributed by atoms with van der Waals surface area (Å²) in [4.78, 5) is 13.3. The topological polar surface area (TPSA) is 51.9 Å². The number of thiophene rings is 1. The average molecular weight is 334 g/mol. The fraction of sp³-hybridized carbons (Fsp3) is 0. The van der Waals surface area contributed by atoms with E-state index >= 15 is 0 Å². The lowest BCUT2D eigenvalue weighted by Gasteiger charge is -2.08. The Morgan fingerprint density at radius 2 is 1.79 bits per heavy atom. The second-order valence-corrected chi connectivity index (χ2v) is 6.09. The summed E-state index contributed by atoms with van der Waals surface area (Å²) in [5, 5.41) is 9.06. The van der Waals surface area contributed by atoms with Crippen molar-refractivity contribution in [3.05, 3.63) is 83.6 Å². The number of nitrogens with zero attached hydrogens (tertiary/aromatic N) is 3. The quantitative estimate of drug-likeness (QED) is 0.614. The van der Waals surface area contributed by atoms with Gasteiger partial charge in [0.25, 0.3) is 5.91 Å². The summed E-state index contributed by atoms with van der Waals surface area (Å²) in [5.41, 5.74) is 2.58. The Balaban J connectivity index is 1.54. The van der Waals surface area contributed by atoms with Gasteiger partial charge in [0.1, 0.15) is 4.88 Å². The van der Waals surface area contributed by atoms with Gasteiger partial charge >= 0.3 is 0 Å². The van der Waals surface area contributed by atoms with Crippen LogP contribution < -0.4 is 5.32 Å². The average Bonchev–Trinajstić information content (AvgIpc) is 3.35. The molecule has 1 aromatic carbocycles. The molecule has 0 fully saturated rings. The van der Waals surface area contributed by atoms with E-state index in [4.69, 9.17) is 0 Å². The summed E-state index contributed by atoms with van der Waals surface area (Å²) in [6, 6.07) is 15.3. The summed E-state index contributed by atoms with van der Waals surface area (Å²) in [5.74, 6) is -0.111. The van der Waals surface area contributed by atoms with Crippen molar-refractivity contribution in [3.8, 4) is 11.4 Å². The van der Waals surface area contributed by atoms with Crippen molar-refractivity contribution in [3.63, 3.8) is 0 Å². The maximum absolute atomic E-state index is 12.6. The summed E-state index contributed by atoms with van der Waals surface area (Å²) >= 11 is 1.43. The van der Waals surface area contributed by atoms with E-state index in [0.29, 0.717) is 4.88 Å². The lowest BCUT2D eigenvalue weighted by molar-refractivity contribution is 0.103. The predicted octanol–water partition coefficient (Wildman–Crippen LogP) is 3.98. The van der Waals surface area contributed by atoms with E-state index in [2.05, 4.69) is 10.4 Å². The number of carbonyl (C=O) groups is 1. The first-order valence-corrected chi connectivity index (χ1v) is 8.31. The van der Waals surface area contributed by atoms with Crippen molar-refractivity contribution in [2.75, 3.05) is 5.32 Å². The number of hydrogen-bond donors (Lipinski definition) is 1. The van der Waals surface area contributed by atoms with Gasteiger partial charge in [0.2, 0.25) is 0 Å². The molecular formula is C18H14N4OS. The van der Waals surface area contributed by atoms with Crippen LogP contribution in [-0.2, 0) is 0 Å². The minimum absolute atomic E-state index is 0.111. The van der Waals surface area contributed by atoms with Crippen LogP contribution in [0.3, 0.4) is 0 Å². The highest BCUT2D eigenvalue weighted by atomic mass is 32.1. The van der Waals surface area contributed by atoms with Crippen molar-refractivity contribution >= 4 is 22.9 Å². The predicted molar refractivity (Wildman–Crippen MR) is 95.2 cm³/mol. The molecule has 5 nitrogen and oxygen atoms in total. The summed E-state index contributed by atoms with van der Waals surface area (Å²) < 4.78 is 3.71. The maximum Gasteiger partial charge on any atom is 0.267 e. The van der Waals surface area contributed by atoms with Crippen molar-refractivity contribution in [2.24, 2.45) is 0 Å². The van der Waals surface area contributed by atoms with Gasteiger partial charge in [-0.3, -0.25) is 4.79 Å². The Kier molecular flexibility index (Phi) is 3.72. The van der Waals surface area contributed by atoms with Gasteiger partial charge in [0.15, 0.2) is 0 Å². The SMILES string of the molecule is O=C(Nc1ccc(-n2cccn2)cc1)c1sccc1-n1cccc1. The molecule has 0 bridgehead atoms. The third kappa shape index (κ3) is 2.75. The molecule has 3 aromatic heterocycles. The van der Waals surface area contributed by atoms with E-state index in [1.54, 1.807) is 10.9 Å². The third-order valence-corrected chi connectivity index (χ3v) is 4.53. The Morgan fingerprint density at radius 3 is 2.50 bits per heavy atom. The number of benzene rings is 1. The van der Waals surface area contributed by atoms with Crippen molar-refractivity contribution in [2.45, 2.75) is 0 Å². The molecular weight excluding hydrogens is 320 g/mol. The van der Waals surface area contributed by atoms with E-state index < -0.39 is 0 Å². The highest BCUT2D eigenvalue weighted by molar-refractivity contribution is 7.12. The third-order valence-electron chi connectivity index (χ3n) is 3.63. The molecule has 0 aliphatic heterocycles. The van der Waals surface area contributed by atoms with Gasteiger partial charge < -0.3 is 9.88 Å². The van der Waals surface area contributed by atoms with Crippen LogP contribution in [0.1, 0.15) is 9.67 Å². The van der Waals surface area contributed by atoms with E-state index in [1.807, 2.05) is 77.1 Å². The number of rotatable bonds is 4. The van der Waals surface area contributed by atoms with Gasteiger partial charge in [-0.1, -0.05) is 0 Å². The number of carbonyl (C=O) groups excluding carboxylic acids is 1. The van der Waals surface area contributed by atoms with Crippen molar-refractivity contribution in [1.82, 2.24) is 14.3 Å². The van der Waals surface area contributed by atoms with Crippen LogP contribution in [0.15, 0.2) is 78.7 Å². The molecule has 0 unspecified atom stereocenters. The van der Waals surface area contributed by atoms with Crippen LogP contribution in [0.4, 0.5) is 5.69 Å². The van der Waals surface area contributed by atoms with Crippen LogP contribution >= 0.6 is 11.3 Å². The second kappa shape index (κ2) is 6.17. The van der Waals surface area contributed by atoms with Gasteiger partial charge in [0.05, 0.1) is 11.4 Å². The van der Waals surface area contributed by atoms with Crippen LogP contribution in [0.5, 0.6) is 0 Å². The Labute approximate surface area is 142 Å². The molecule has 4 aromatic rings. The van der Waals surface area contributed by atoms with Gasteiger partial charge in [-0.2, -0.15) is 5.10 Å². The monoisotopic (exact) mass is 334 g/mol. The largest absolute Gasteiger partial charge is 0.322 e. The number of anilines is 1. The molecule has 0 radical (unpaired) electrons. The molecule has 0 saturated heterocycles. The zero-order valence-corrected chi connectivity index (χ0v) is 13.5. The lowest BCUT2D eigenvalue weighted by atomic mass is 10.2. The normalized spacial score (nSPS) is 10.7. The highest BCUT2D eigenvalue weighted by Crippen LogP contribution is 2.23. The molecule has 0 saturated carbocycles. The van der Waals surface area contributed by atoms with Gasteiger partial charge in [-0.25, -0.2) is 4.68 Å². The summed E-state index contributed by atoms with van der Waals surface area (Å²) in [6.45, 7) is 0. The number of aromatic nitrogens is 3. The molecule has 0 spiro atoms. The number of hydrogen-bond acceptors (Lipinski definition) is 3. The molecule has 1 N–H and O–H groups in total. The molecule has 0 aliphatic rings. The molecule has 3 heterocycles. The Hall–Kier alpha value is -3.12. The molecule has 118 valence electrons. The number of nitrogens with one attached hydrogen (secondary N) is 1. The second-order valence-electron chi connectivity index (χ2n) is 5.18. The van der Waals surface area contributed by atoms with E-state index in [9.17, 15) is 4.79 Å². The zero-order valence-electron chi connectivity index (χ0n) is 12.7. The van der Waals surface area contributed by atoms with Gasteiger partial charge in [-0.05, 0) is 53.9 Å². The van der Waals surface area contributed by atoms with E-state index in [-0.39, 0.29) is 5.91 Å². The molecule has 24 heavy (non-hydrogen) atoms. The first-order valence-electron chi connectivity index (χ1n) is 7.43. The van der Waals surface area contributed by atoms with E-state index in [0.717, 1.165) is 17.1 Å². The standard InChI is InChI=1S/C18H14N4OS/c23-18(17-16(8-13-24-17)21-10-1-2-11-21)20-14-4-6-15(7-5-14)22-12-3-9-19-22/h1-13H,(H,20,23). The molecule has 0 aliphatic carbocycles. The highest BCUT2D eigenvalue weighted by Gasteiger charge is 2.14. The molecule has 6 heteroatoms. The van der Waals surface area contributed by atoms with Gasteiger partial charge in [0, 0.05) is 30.5 Å². The Morgan fingerprint density at radius 1 is 1.00 bits per heavy atom. The van der Waals surface area contributed by atoms with Crippen molar-refractivity contribution < 1.29 is 4.79 Å². The molecule has 4 rings (SSSR count). The van der Waals surface area contributed by atoms with Crippen LogP contribution in [-0.4, -0.2) is 20.3 Å². The van der Waals surface area contributed by atoms with Crippen LogP contribution in [0, 0.1) is 0 Å².